The van der Waals surface area contributed by atoms with Gasteiger partial charge in [-0.2, -0.15) is 0 Å². The lowest BCUT2D eigenvalue weighted by Gasteiger charge is -2.28. The van der Waals surface area contributed by atoms with E-state index >= 15 is 0 Å². The zero-order valence-electron chi connectivity index (χ0n) is 19.9. The summed E-state index contributed by atoms with van der Waals surface area (Å²) in [5.74, 6) is 1.62. The van der Waals surface area contributed by atoms with Gasteiger partial charge >= 0.3 is 0 Å². The van der Waals surface area contributed by atoms with Gasteiger partial charge in [0.2, 0.25) is 0 Å². The summed E-state index contributed by atoms with van der Waals surface area (Å²) in [4.78, 5) is 15.9. The zero-order valence-corrected chi connectivity index (χ0v) is 19.9. The highest BCUT2D eigenvalue weighted by molar-refractivity contribution is 5.58. The first kappa shape index (κ1) is 23.2. The Hall–Kier alpha value is -2.93. The summed E-state index contributed by atoms with van der Waals surface area (Å²) in [6.45, 7) is 5.32. The van der Waals surface area contributed by atoms with Crippen molar-refractivity contribution in [3.05, 3.63) is 55.0 Å². The smallest absolute Gasteiger partial charge is 0.137 e. The largest absolute Gasteiger partial charge is 0.495 e. The first-order valence-electron chi connectivity index (χ1n) is 12.1. The number of rotatable bonds is 6. The van der Waals surface area contributed by atoms with Gasteiger partial charge in [0, 0.05) is 31.0 Å². The van der Waals surface area contributed by atoms with Gasteiger partial charge in [-0.15, -0.1) is 0 Å². The molecule has 2 N–H and O–H groups in total. The van der Waals surface area contributed by atoms with E-state index in [4.69, 9.17) is 15.5 Å². The monoisotopic (exact) mass is 448 g/mol. The number of nitrogens with two attached hydrogens (primary N) is 1. The summed E-state index contributed by atoms with van der Waals surface area (Å²) >= 11 is 0. The predicted molar refractivity (Wildman–Crippen MR) is 133 cm³/mol. The van der Waals surface area contributed by atoms with Crippen molar-refractivity contribution in [2.75, 3.05) is 31.6 Å². The molecular weight excluding hydrogens is 412 g/mol. The van der Waals surface area contributed by atoms with Crippen LogP contribution in [0.4, 0.5) is 5.69 Å². The van der Waals surface area contributed by atoms with Crippen molar-refractivity contribution in [2.45, 2.75) is 51.5 Å². The number of ether oxygens (including phenoxy) is 1. The molecule has 2 fully saturated rings. The Labute approximate surface area is 197 Å². The van der Waals surface area contributed by atoms with E-state index in [2.05, 4.69) is 38.5 Å². The fourth-order valence-electron chi connectivity index (χ4n) is 4.23. The lowest BCUT2D eigenvalue weighted by Crippen LogP contribution is -2.29. The lowest BCUT2D eigenvalue weighted by molar-refractivity contribution is 0.325. The Balaban J connectivity index is 0.000000376. The minimum atomic E-state index is 0.111. The molecule has 3 aromatic heterocycles. The van der Waals surface area contributed by atoms with Crippen molar-refractivity contribution in [3.63, 3.8) is 0 Å². The van der Waals surface area contributed by atoms with E-state index in [0.717, 1.165) is 48.3 Å². The SMILES string of the molecule is COc1cncc(-c2cn(C(C)c3ccc(N4CCCCC4)cn3)cn2)c1.NCC1CCC1. The van der Waals surface area contributed by atoms with Gasteiger partial charge in [0.15, 0.2) is 0 Å². The van der Waals surface area contributed by atoms with Crippen LogP contribution >= 0.6 is 0 Å². The normalized spacial score (nSPS) is 17.0. The van der Waals surface area contributed by atoms with E-state index in [1.165, 1.54) is 44.2 Å². The third kappa shape index (κ3) is 5.90. The molecule has 0 bridgehead atoms. The summed E-state index contributed by atoms with van der Waals surface area (Å²) in [7, 11) is 1.64. The van der Waals surface area contributed by atoms with Gasteiger partial charge in [-0.3, -0.25) is 9.97 Å². The minimum absolute atomic E-state index is 0.111. The number of hydrogen-bond donors (Lipinski definition) is 1. The standard InChI is InChI=1S/C21H25N5O.C5H11N/c1-16(20-7-6-18(12-23-20)25-8-4-3-5-9-25)26-14-21(24-15-26)17-10-19(27-2)13-22-11-17;6-4-5-2-1-3-5/h6-7,10-16H,3-5,8-9H2,1-2H3;5H,1-4,6H2. The van der Waals surface area contributed by atoms with Gasteiger partial charge in [-0.1, -0.05) is 6.42 Å². The van der Waals surface area contributed by atoms with E-state index in [-0.39, 0.29) is 6.04 Å². The van der Waals surface area contributed by atoms with Crippen LogP contribution in [0.5, 0.6) is 5.75 Å². The van der Waals surface area contributed by atoms with Crippen LogP contribution in [0.3, 0.4) is 0 Å². The minimum Gasteiger partial charge on any atom is -0.495 e. The van der Waals surface area contributed by atoms with Gasteiger partial charge in [0.05, 0.1) is 48.9 Å². The van der Waals surface area contributed by atoms with Crippen LogP contribution in [0.25, 0.3) is 11.3 Å². The second-order valence-corrected chi connectivity index (χ2v) is 9.02. The van der Waals surface area contributed by atoms with Crippen LogP contribution in [-0.4, -0.2) is 46.3 Å². The highest BCUT2D eigenvalue weighted by atomic mass is 16.5. The van der Waals surface area contributed by atoms with E-state index in [0.29, 0.717) is 0 Å². The molecule has 1 saturated heterocycles. The molecule has 1 aliphatic carbocycles. The highest BCUT2D eigenvalue weighted by Gasteiger charge is 2.15. The summed E-state index contributed by atoms with van der Waals surface area (Å²) in [5.41, 5.74) is 9.40. The Morgan fingerprint density at radius 1 is 1.06 bits per heavy atom. The van der Waals surface area contributed by atoms with Crippen LogP contribution in [0, 0.1) is 5.92 Å². The van der Waals surface area contributed by atoms with Crippen molar-refractivity contribution >= 4 is 5.69 Å². The van der Waals surface area contributed by atoms with Crippen LogP contribution in [0.1, 0.15) is 57.2 Å². The molecule has 176 valence electrons. The Morgan fingerprint density at radius 2 is 1.88 bits per heavy atom. The second-order valence-electron chi connectivity index (χ2n) is 9.02. The van der Waals surface area contributed by atoms with Gasteiger partial charge in [-0.25, -0.2) is 4.98 Å². The van der Waals surface area contributed by atoms with Crippen molar-refractivity contribution in [3.8, 4) is 17.0 Å². The summed E-state index contributed by atoms with van der Waals surface area (Å²) in [6, 6.07) is 6.37. The molecular formula is C26H36N6O. The highest BCUT2D eigenvalue weighted by Crippen LogP contribution is 2.26. The average Bonchev–Trinajstić information content (AvgIpc) is 3.34. The van der Waals surface area contributed by atoms with E-state index in [9.17, 15) is 0 Å². The molecule has 1 aliphatic heterocycles. The number of hydrogen-bond acceptors (Lipinski definition) is 6. The van der Waals surface area contributed by atoms with E-state index in [1.54, 1.807) is 19.5 Å². The fraction of sp³-hybridized carbons (Fsp3) is 0.500. The molecule has 1 saturated carbocycles. The number of nitrogens with zero attached hydrogens (tertiary/aromatic N) is 5. The summed E-state index contributed by atoms with van der Waals surface area (Å²) in [6.07, 6.45) is 17.4. The first-order chi connectivity index (χ1) is 16.2. The molecule has 0 aromatic carbocycles. The van der Waals surface area contributed by atoms with Crippen molar-refractivity contribution in [1.82, 2.24) is 19.5 Å². The van der Waals surface area contributed by atoms with E-state index < -0.39 is 0 Å². The molecule has 4 heterocycles. The van der Waals surface area contributed by atoms with Gasteiger partial charge in [-0.05, 0) is 69.7 Å². The molecule has 0 radical (unpaired) electrons. The summed E-state index contributed by atoms with van der Waals surface area (Å²) < 4.78 is 7.33. The van der Waals surface area contributed by atoms with E-state index in [1.807, 2.05) is 24.8 Å². The molecule has 7 nitrogen and oxygen atoms in total. The van der Waals surface area contributed by atoms with Crippen LogP contribution in [-0.2, 0) is 0 Å². The Morgan fingerprint density at radius 3 is 2.48 bits per heavy atom. The topological polar surface area (TPSA) is 82.1 Å². The summed E-state index contributed by atoms with van der Waals surface area (Å²) in [5, 5.41) is 0. The molecule has 2 aliphatic rings. The predicted octanol–water partition coefficient (Wildman–Crippen LogP) is 4.69. The Bertz CT molecular complexity index is 989. The number of aromatic nitrogens is 4. The molecule has 3 aromatic rings. The van der Waals surface area contributed by atoms with Gasteiger partial charge < -0.3 is 19.9 Å². The third-order valence-electron chi connectivity index (χ3n) is 6.77. The maximum Gasteiger partial charge on any atom is 0.137 e. The van der Waals surface area contributed by atoms with Crippen LogP contribution < -0.4 is 15.4 Å². The molecule has 1 atom stereocenters. The zero-order chi connectivity index (χ0) is 23.0. The number of anilines is 1. The van der Waals surface area contributed by atoms with Gasteiger partial charge in [0.25, 0.3) is 0 Å². The van der Waals surface area contributed by atoms with Crippen LogP contribution in [0.2, 0.25) is 0 Å². The third-order valence-corrected chi connectivity index (χ3v) is 6.77. The van der Waals surface area contributed by atoms with Crippen LogP contribution in [0.15, 0.2) is 49.3 Å². The molecule has 0 amide bonds. The number of piperidine rings is 1. The molecule has 1 unspecified atom stereocenters. The van der Waals surface area contributed by atoms with Crippen molar-refractivity contribution < 1.29 is 4.74 Å². The lowest BCUT2D eigenvalue weighted by atomic mass is 9.86. The average molecular weight is 449 g/mol. The second kappa shape index (κ2) is 11.3. The molecule has 7 heteroatoms. The molecule has 33 heavy (non-hydrogen) atoms. The van der Waals surface area contributed by atoms with Crippen molar-refractivity contribution in [1.29, 1.82) is 0 Å². The maximum atomic E-state index is 5.33. The number of pyridine rings is 2. The molecule has 0 spiro atoms. The fourth-order valence-corrected chi connectivity index (χ4v) is 4.23. The molecule has 5 rings (SSSR count). The quantitative estimate of drug-likeness (QED) is 0.589. The number of imidazole rings is 1. The maximum absolute atomic E-state index is 5.33. The Kier molecular flexibility index (Phi) is 7.94. The first-order valence-corrected chi connectivity index (χ1v) is 12.1. The number of methoxy groups -OCH3 is 1. The van der Waals surface area contributed by atoms with Crippen molar-refractivity contribution in [2.24, 2.45) is 11.7 Å². The van der Waals surface area contributed by atoms with Gasteiger partial charge in [0.1, 0.15) is 5.75 Å².